The van der Waals surface area contributed by atoms with Crippen LogP contribution in [0.2, 0.25) is 0 Å². The molecule has 0 aromatic heterocycles. The Kier molecular flexibility index (Phi) is 6.26. The van der Waals surface area contributed by atoms with E-state index in [1.165, 1.54) is 57.8 Å². The van der Waals surface area contributed by atoms with Gasteiger partial charge in [-0.1, -0.05) is 39.2 Å². The fourth-order valence-corrected chi connectivity index (χ4v) is 4.06. The van der Waals surface area contributed by atoms with Gasteiger partial charge in [0.1, 0.15) is 0 Å². The van der Waals surface area contributed by atoms with Crippen molar-refractivity contribution in [3.05, 3.63) is 12.3 Å². The molecule has 2 fully saturated rings. The molecular weight excluding hydrogens is 232 g/mol. The van der Waals surface area contributed by atoms with Gasteiger partial charge in [-0.25, -0.2) is 0 Å². The maximum Gasteiger partial charge on any atom is 0.0981 e. The predicted molar refractivity (Wildman–Crippen MR) is 82.0 cm³/mol. The molecule has 19 heavy (non-hydrogen) atoms. The molecule has 2 rings (SSSR count). The van der Waals surface area contributed by atoms with E-state index in [4.69, 9.17) is 4.74 Å². The number of hydrogen-bond donors (Lipinski definition) is 0. The van der Waals surface area contributed by atoms with Gasteiger partial charge >= 0.3 is 0 Å². The van der Waals surface area contributed by atoms with Crippen LogP contribution in [-0.4, -0.2) is 6.10 Å². The molecule has 0 amide bonds. The van der Waals surface area contributed by atoms with Crippen molar-refractivity contribution in [3.63, 3.8) is 0 Å². The summed E-state index contributed by atoms with van der Waals surface area (Å²) in [6.07, 6.45) is 18.4. The Morgan fingerprint density at radius 2 is 1.74 bits per heavy atom. The first-order valence-corrected chi connectivity index (χ1v) is 8.63. The normalized spacial score (nSPS) is 36.5. The second-order valence-corrected chi connectivity index (χ2v) is 6.65. The SMILES string of the molecule is CC/C=C/O[C@@H]1CCC[C@@H](C2CCC(CC)CC2)C1. The highest BCUT2D eigenvalue weighted by atomic mass is 16.5. The van der Waals surface area contributed by atoms with Crippen molar-refractivity contribution < 1.29 is 4.74 Å². The van der Waals surface area contributed by atoms with Crippen LogP contribution in [0.15, 0.2) is 12.3 Å². The van der Waals surface area contributed by atoms with E-state index in [9.17, 15) is 0 Å². The standard InChI is InChI=1S/C18H32O/c1-3-5-13-19-18-8-6-7-17(14-18)16-11-9-15(4-2)10-12-16/h5,13,15-18H,3-4,6-12,14H2,1-2H3/b13-5+/t15?,16?,17-,18-/m1/s1. The van der Waals surface area contributed by atoms with Gasteiger partial charge in [-0.2, -0.15) is 0 Å². The van der Waals surface area contributed by atoms with Crippen molar-refractivity contribution in [1.29, 1.82) is 0 Å². The van der Waals surface area contributed by atoms with Crippen LogP contribution < -0.4 is 0 Å². The summed E-state index contributed by atoms with van der Waals surface area (Å²) < 4.78 is 5.91. The Hall–Kier alpha value is -0.460. The van der Waals surface area contributed by atoms with E-state index in [2.05, 4.69) is 19.9 Å². The summed E-state index contributed by atoms with van der Waals surface area (Å²) in [5.74, 6) is 2.98. The van der Waals surface area contributed by atoms with Crippen LogP contribution in [-0.2, 0) is 4.74 Å². The first-order chi connectivity index (χ1) is 9.33. The van der Waals surface area contributed by atoms with Crippen molar-refractivity contribution >= 4 is 0 Å². The Balaban J connectivity index is 1.76. The predicted octanol–water partition coefficient (Wildman–Crippen LogP) is 5.70. The molecule has 0 aromatic carbocycles. The molecule has 2 atom stereocenters. The molecule has 0 aromatic rings. The zero-order chi connectivity index (χ0) is 13.5. The molecule has 2 saturated carbocycles. The highest BCUT2D eigenvalue weighted by molar-refractivity contribution is 4.84. The number of allylic oxidation sites excluding steroid dienone is 1. The summed E-state index contributed by atoms with van der Waals surface area (Å²) in [6, 6.07) is 0. The van der Waals surface area contributed by atoms with Gasteiger partial charge in [-0.15, -0.1) is 0 Å². The van der Waals surface area contributed by atoms with Crippen LogP contribution in [0.25, 0.3) is 0 Å². The first-order valence-electron chi connectivity index (χ1n) is 8.63. The lowest BCUT2D eigenvalue weighted by Gasteiger charge is -2.38. The fourth-order valence-electron chi connectivity index (χ4n) is 4.06. The third-order valence-corrected chi connectivity index (χ3v) is 5.41. The Bertz CT molecular complexity index is 263. The molecule has 2 aliphatic rings. The molecular formula is C18H32O. The van der Waals surface area contributed by atoms with E-state index in [0.717, 1.165) is 24.2 Å². The maximum absolute atomic E-state index is 5.91. The third kappa shape index (κ3) is 4.54. The molecule has 0 saturated heterocycles. The fraction of sp³-hybridized carbons (Fsp3) is 0.889. The Labute approximate surface area is 119 Å². The first kappa shape index (κ1) is 14.9. The zero-order valence-electron chi connectivity index (χ0n) is 12.9. The molecule has 110 valence electrons. The van der Waals surface area contributed by atoms with Gasteiger partial charge in [-0.05, 0) is 62.7 Å². The van der Waals surface area contributed by atoms with Crippen molar-refractivity contribution in [2.75, 3.05) is 0 Å². The Morgan fingerprint density at radius 3 is 2.42 bits per heavy atom. The summed E-state index contributed by atoms with van der Waals surface area (Å²) in [6.45, 7) is 4.52. The zero-order valence-corrected chi connectivity index (χ0v) is 12.9. The summed E-state index contributed by atoms with van der Waals surface area (Å²) in [5.41, 5.74) is 0. The van der Waals surface area contributed by atoms with Crippen LogP contribution in [0.5, 0.6) is 0 Å². The summed E-state index contributed by atoms with van der Waals surface area (Å²) in [5, 5.41) is 0. The van der Waals surface area contributed by atoms with Gasteiger partial charge in [0.2, 0.25) is 0 Å². The molecule has 0 radical (unpaired) electrons. The lowest BCUT2D eigenvalue weighted by molar-refractivity contribution is 0.0513. The topological polar surface area (TPSA) is 9.23 Å². The molecule has 0 N–H and O–H groups in total. The lowest BCUT2D eigenvalue weighted by atomic mass is 9.70. The van der Waals surface area contributed by atoms with Gasteiger partial charge in [0.25, 0.3) is 0 Å². The smallest absolute Gasteiger partial charge is 0.0981 e. The average molecular weight is 264 g/mol. The van der Waals surface area contributed by atoms with Crippen LogP contribution in [0.4, 0.5) is 0 Å². The van der Waals surface area contributed by atoms with E-state index in [0.29, 0.717) is 6.10 Å². The lowest BCUT2D eigenvalue weighted by Crippen LogP contribution is -2.29. The molecule has 1 nitrogen and oxygen atoms in total. The van der Waals surface area contributed by atoms with Gasteiger partial charge < -0.3 is 4.74 Å². The molecule has 1 heteroatoms. The van der Waals surface area contributed by atoms with Crippen LogP contribution >= 0.6 is 0 Å². The highest BCUT2D eigenvalue weighted by Crippen LogP contribution is 2.41. The van der Waals surface area contributed by atoms with Crippen LogP contribution in [0.1, 0.15) is 78.1 Å². The van der Waals surface area contributed by atoms with Crippen molar-refractivity contribution in [2.24, 2.45) is 17.8 Å². The van der Waals surface area contributed by atoms with E-state index in [1.807, 2.05) is 6.26 Å². The van der Waals surface area contributed by atoms with Crippen LogP contribution in [0, 0.1) is 17.8 Å². The van der Waals surface area contributed by atoms with E-state index >= 15 is 0 Å². The van der Waals surface area contributed by atoms with E-state index in [1.54, 1.807) is 0 Å². The largest absolute Gasteiger partial charge is 0.498 e. The summed E-state index contributed by atoms with van der Waals surface area (Å²) in [4.78, 5) is 0. The molecule has 2 aliphatic carbocycles. The minimum atomic E-state index is 0.505. The van der Waals surface area contributed by atoms with Gasteiger partial charge in [-0.3, -0.25) is 0 Å². The molecule has 0 unspecified atom stereocenters. The highest BCUT2D eigenvalue weighted by Gasteiger charge is 2.31. The number of hydrogen-bond acceptors (Lipinski definition) is 1. The van der Waals surface area contributed by atoms with Crippen molar-refractivity contribution in [2.45, 2.75) is 84.2 Å². The minimum absolute atomic E-state index is 0.505. The Morgan fingerprint density at radius 1 is 0.947 bits per heavy atom. The number of ether oxygens (including phenoxy) is 1. The quantitative estimate of drug-likeness (QED) is 0.579. The summed E-state index contributed by atoms with van der Waals surface area (Å²) >= 11 is 0. The number of rotatable bonds is 5. The van der Waals surface area contributed by atoms with Crippen LogP contribution in [0.3, 0.4) is 0 Å². The molecule has 0 aliphatic heterocycles. The van der Waals surface area contributed by atoms with E-state index < -0.39 is 0 Å². The molecule has 0 spiro atoms. The second kappa shape index (κ2) is 7.97. The van der Waals surface area contributed by atoms with Gasteiger partial charge in [0.15, 0.2) is 0 Å². The van der Waals surface area contributed by atoms with E-state index in [-0.39, 0.29) is 0 Å². The minimum Gasteiger partial charge on any atom is -0.498 e. The van der Waals surface area contributed by atoms with Crippen molar-refractivity contribution in [1.82, 2.24) is 0 Å². The monoisotopic (exact) mass is 264 g/mol. The maximum atomic E-state index is 5.91. The molecule has 0 bridgehead atoms. The summed E-state index contributed by atoms with van der Waals surface area (Å²) in [7, 11) is 0. The van der Waals surface area contributed by atoms with Crippen molar-refractivity contribution in [3.8, 4) is 0 Å². The molecule has 0 heterocycles. The van der Waals surface area contributed by atoms with Gasteiger partial charge in [0, 0.05) is 0 Å². The van der Waals surface area contributed by atoms with Gasteiger partial charge in [0.05, 0.1) is 12.4 Å². The second-order valence-electron chi connectivity index (χ2n) is 6.65. The average Bonchev–Trinajstić information content (AvgIpc) is 2.48. The third-order valence-electron chi connectivity index (χ3n) is 5.41.